The van der Waals surface area contributed by atoms with Crippen molar-refractivity contribution in [2.24, 2.45) is 0 Å². The van der Waals surface area contributed by atoms with Gasteiger partial charge >= 0.3 is 6.18 Å². The van der Waals surface area contributed by atoms with Gasteiger partial charge in [-0.3, -0.25) is 4.79 Å². The molecular formula is C18H13F3O4. The van der Waals surface area contributed by atoms with Gasteiger partial charge < -0.3 is 15.3 Å². The molecule has 0 radical (unpaired) electrons. The Kier molecular flexibility index (Phi) is 3.34. The van der Waals surface area contributed by atoms with Crippen LogP contribution in [0.5, 0.6) is 0 Å². The van der Waals surface area contributed by atoms with Crippen LogP contribution in [0.3, 0.4) is 0 Å². The third-order valence-electron chi connectivity index (χ3n) is 4.83. The van der Waals surface area contributed by atoms with E-state index in [9.17, 15) is 33.3 Å². The molecule has 0 heterocycles. The zero-order valence-electron chi connectivity index (χ0n) is 12.7. The summed E-state index contributed by atoms with van der Waals surface area (Å²) in [6.07, 6.45) is -6.34. The van der Waals surface area contributed by atoms with Crippen molar-refractivity contribution in [2.75, 3.05) is 0 Å². The molecule has 4 nitrogen and oxygen atoms in total. The SMILES string of the molecule is O=C1CC(O)c2c1cc(C(F)(F)F)c1c3c(ccc21)C=C[C@H](O)[C@H]3O. The van der Waals surface area contributed by atoms with Gasteiger partial charge in [-0.05, 0) is 28.1 Å². The van der Waals surface area contributed by atoms with E-state index in [0.29, 0.717) is 5.56 Å². The van der Waals surface area contributed by atoms with Crippen LogP contribution in [0.15, 0.2) is 24.3 Å². The third-order valence-corrected chi connectivity index (χ3v) is 4.83. The van der Waals surface area contributed by atoms with Crippen molar-refractivity contribution in [3.8, 4) is 0 Å². The fraction of sp³-hybridized carbons (Fsp3) is 0.278. The summed E-state index contributed by atoms with van der Waals surface area (Å²) in [5, 5.41) is 30.1. The highest BCUT2D eigenvalue weighted by molar-refractivity contribution is 6.08. The number of ketones is 1. The molecule has 2 aliphatic rings. The minimum absolute atomic E-state index is 0.0471. The van der Waals surface area contributed by atoms with Crippen LogP contribution in [-0.2, 0) is 6.18 Å². The topological polar surface area (TPSA) is 77.8 Å². The van der Waals surface area contributed by atoms with Crippen molar-refractivity contribution >= 4 is 22.6 Å². The molecule has 2 aliphatic carbocycles. The Labute approximate surface area is 139 Å². The molecule has 2 aromatic rings. The van der Waals surface area contributed by atoms with E-state index in [2.05, 4.69) is 0 Å². The first-order valence-corrected chi connectivity index (χ1v) is 7.66. The minimum Gasteiger partial charge on any atom is -0.388 e. The number of fused-ring (bicyclic) bond motifs is 5. The summed E-state index contributed by atoms with van der Waals surface area (Å²) in [7, 11) is 0. The van der Waals surface area contributed by atoms with Crippen molar-refractivity contribution in [3.63, 3.8) is 0 Å². The highest BCUT2D eigenvalue weighted by Gasteiger charge is 2.40. The fourth-order valence-corrected chi connectivity index (χ4v) is 3.73. The van der Waals surface area contributed by atoms with Crippen molar-refractivity contribution in [2.45, 2.75) is 30.9 Å². The van der Waals surface area contributed by atoms with E-state index in [1.807, 2.05) is 0 Å². The Balaban J connectivity index is 2.20. The monoisotopic (exact) mass is 350 g/mol. The van der Waals surface area contributed by atoms with E-state index in [0.717, 1.165) is 6.07 Å². The molecule has 0 amide bonds. The first-order chi connectivity index (χ1) is 11.7. The first kappa shape index (κ1) is 16.3. The molecule has 3 N–H and O–H groups in total. The molecule has 4 rings (SSSR count). The van der Waals surface area contributed by atoms with Crippen LogP contribution >= 0.6 is 0 Å². The second-order valence-electron chi connectivity index (χ2n) is 6.31. The molecule has 25 heavy (non-hydrogen) atoms. The number of carbonyl (C=O) groups is 1. The molecule has 0 fully saturated rings. The molecule has 0 spiro atoms. The van der Waals surface area contributed by atoms with Gasteiger partial charge in [-0.15, -0.1) is 0 Å². The van der Waals surface area contributed by atoms with Crippen LogP contribution in [0.1, 0.15) is 51.2 Å². The standard InChI is InChI=1S/C18H13F3O4/c19-18(20,21)10-5-9-12(23)6-13(24)15(9)8-3-1-7-2-4-11(22)17(25)14(7)16(8)10/h1-5,11,13,17,22,24-25H,6H2/t11-,13?,17+/m0/s1. The lowest BCUT2D eigenvalue weighted by Crippen LogP contribution is -2.21. The number of hydrogen-bond donors (Lipinski definition) is 3. The molecule has 1 unspecified atom stereocenters. The molecule has 0 aliphatic heterocycles. The van der Waals surface area contributed by atoms with Gasteiger partial charge in [-0.25, -0.2) is 0 Å². The molecule has 130 valence electrons. The number of rotatable bonds is 0. The molecular weight excluding hydrogens is 337 g/mol. The third kappa shape index (κ3) is 2.23. The maximum atomic E-state index is 13.7. The van der Waals surface area contributed by atoms with Gasteiger partial charge in [-0.1, -0.05) is 24.3 Å². The van der Waals surface area contributed by atoms with Gasteiger partial charge in [-0.2, -0.15) is 13.2 Å². The summed E-state index contributed by atoms with van der Waals surface area (Å²) in [6, 6.07) is 3.67. The number of Topliss-reactive ketones (excluding diaryl/α,β-unsaturated/α-hetero) is 1. The number of aliphatic hydroxyl groups excluding tert-OH is 3. The van der Waals surface area contributed by atoms with E-state index >= 15 is 0 Å². The Bertz CT molecular complexity index is 946. The Morgan fingerprint density at radius 3 is 2.48 bits per heavy atom. The van der Waals surface area contributed by atoms with Gasteiger partial charge in [0.25, 0.3) is 0 Å². The number of carbonyl (C=O) groups excluding carboxylic acids is 1. The van der Waals surface area contributed by atoms with E-state index < -0.39 is 35.8 Å². The van der Waals surface area contributed by atoms with Gasteiger partial charge in [0.1, 0.15) is 12.2 Å². The Morgan fingerprint density at radius 2 is 1.80 bits per heavy atom. The number of halogens is 3. The number of alkyl halides is 3. The average Bonchev–Trinajstić information content (AvgIpc) is 2.83. The van der Waals surface area contributed by atoms with Crippen LogP contribution in [0.2, 0.25) is 0 Å². The Hall–Kier alpha value is -2.22. The van der Waals surface area contributed by atoms with E-state index in [1.54, 1.807) is 0 Å². The van der Waals surface area contributed by atoms with Gasteiger partial charge in [0, 0.05) is 17.4 Å². The lowest BCUT2D eigenvalue weighted by atomic mass is 9.84. The molecule has 7 heteroatoms. The van der Waals surface area contributed by atoms with Crippen LogP contribution in [0.4, 0.5) is 13.2 Å². The average molecular weight is 350 g/mol. The predicted octanol–water partition coefficient (Wildman–Crippen LogP) is 2.90. The van der Waals surface area contributed by atoms with Crippen LogP contribution in [0.25, 0.3) is 16.8 Å². The fourth-order valence-electron chi connectivity index (χ4n) is 3.73. The molecule has 0 saturated heterocycles. The van der Waals surface area contributed by atoms with E-state index in [-0.39, 0.29) is 33.9 Å². The lowest BCUT2D eigenvalue weighted by Gasteiger charge is -2.26. The van der Waals surface area contributed by atoms with E-state index in [1.165, 1.54) is 24.3 Å². The zero-order valence-corrected chi connectivity index (χ0v) is 12.7. The molecule has 3 atom stereocenters. The molecule has 0 bridgehead atoms. The van der Waals surface area contributed by atoms with Crippen molar-refractivity contribution in [1.29, 1.82) is 0 Å². The second-order valence-corrected chi connectivity index (χ2v) is 6.31. The summed E-state index contributed by atoms with van der Waals surface area (Å²) in [5.74, 6) is -0.548. The molecule has 0 saturated carbocycles. The van der Waals surface area contributed by atoms with Crippen LogP contribution in [0, 0.1) is 0 Å². The Morgan fingerprint density at radius 1 is 1.08 bits per heavy atom. The molecule has 0 aromatic heterocycles. The minimum atomic E-state index is -4.76. The van der Waals surface area contributed by atoms with Crippen molar-refractivity contribution < 1.29 is 33.3 Å². The summed E-state index contributed by atoms with van der Waals surface area (Å²) in [6.45, 7) is 0. The predicted molar refractivity (Wildman–Crippen MR) is 82.9 cm³/mol. The largest absolute Gasteiger partial charge is 0.417 e. The molecule has 2 aromatic carbocycles. The highest BCUT2D eigenvalue weighted by Crippen LogP contribution is 2.47. The second kappa shape index (κ2) is 5.14. The number of hydrogen-bond acceptors (Lipinski definition) is 4. The van der Waals surface area contributed by atoms with Crippen molar-refractivity contribution in [1.82, 2.24) is 0 Å². The zero-order chi connectivity index (χ0) is 18.1. The maximum Gasteiger partial charge on any atom is 0.417 e. The summed E-state index contributed by atoms with van der Waals surface area (Å²) in [5.41, 5.74) is -0.744. The number of aliphatic hydroxyl groups is 3. The quantitative estimate of drug-likeness (QED) is 0.683. The van der Waals surface area contributed by atoms with Gasteiger partial charge in [0.15, 0.2) is 5.78 Å². The maximum absolute atomic E-state index is 13.7. The normalized spacial score (nSPS) is 25.4. The van der Waals surface area contributed by atoms with Crippen LogP contribution in [-0.4, -0.2) is 27.2 Å². The lowest BCUT2D eigenvalue weighted by molar-refractivity contribution is -0.136. The highest BCUT2D eigenvalue weighted by atomic mass is 19.4. The first-order valence-electron chi connectivity index (χ1n) is 7.66. The summed E-state index contributed by atoms with van der Waals surface area (Å²) in [4.78, 5) is 12.0. The van der Waals surface area contributed by atoms with Gasteiger partial charge in [0.2, 0.25) is 0 Å². The smallest absolute Gasteiger partial charge is 0.388 e. The number of benzene rings is 2. The van der Waals surface area contributed by atoms with Gasteiger partial charge in [0.05, 0.1) is 11.7 Å². The summed E-state index contributed by atoms with van der Waals surface area (Å²) >= 11 is 0. The van der Waals surface area contributed by atoms with Crippen LogP contribution < -0.4 is 0 Å². The summed E-state index contributed by atoms with van der Waals surface area (Å²) < 4.78 is 41.0. The van der Waals surface area contributed by atoms with E-state index in [4.69, 9.17) is 0 Å². The van der Waals surface area contributed by atoms with Crippen molar-refractivity contribution in [3.05, 3.63) is 52.1 Å².